The van der Waals surface area contributed by atoms with Gasteiger partial charge in [0, 0.05) is 0 Å². The quantitative estimate of drug-likeness (QED) is 0.618. The monoisotopic (exact) mass is 357 g/mol. The van der Waals surface area contributed by atoms with Crippen LogP contribution in [0.1, 0.15) is 56.0 Å². The largest absolute Gasteiger partial charge is 0.464 e. The smallest absolute Gasteiger partial charge is 0.328 e. The first-order chi connectivity index (χ1) is 11.4. The van der Waals surface area contributed by atoms with Gasteiger partial charge in [0.25, 0.3) is 5.91 Å². The molecule has 0 aliphatic rings. The molecule has 0 aliphatic heterocycles. The van der Waals surface area contributed by atoms with E-state index in [4.69, 9.17) is 14.9 Å². The van der Waals surface area contributed by atoms with Crippen molar-refractivity contribution in [2.24, 2.45) is 11.7 Å². The highest BCUT2D eigenvalue weighted by Gasteiger charge is 2.25. The van der Waals surface area contributed by atoms with E-state index in [1.165, 1.54) is 6.26 Å². The minimum Gasteiger partial charge on any atom is -0.464 e. The molecule has 24 heavy (non-hydrogen) atoms. The molecule has 1 rings (SSSR count). The zero-order valence-corrected chi connectivity index (χ0v) is 15.5. The molecule has 1 aromatic heterocycles. The first-order valence-corrected chi connectivity index (χ1v) is 9.51. The van der Waals surface area contributed by atoms with Crippen LogP contribution in [0.2, 0.25) is 0 Å². The molecule has 7 nitrogen and oxygen atoms in total. The van der Waals surface area contributed by atoms with E-state index in [2.05, 4.69) is 10.3 Å². The number of carbonyl (C=O) groups is 2. The number of thioether (sulfide) groups is 1. The number of amides is 1. The molecule has 0 saturated heterocycles. The Morgan fingerprint density at radius 2 is 2.17 bits per heavy atom. The highest BCUT2D eigenvalue weighted by atomic mass is 32.2. The zero-order valence-electron chi connectivity index (χ0n) is 14.7. The van der Waals surface area contributed by atoms with Crippen LogP contribution in [-0.2, 0) is 9.53 Å². The maximum atomic E-state index is 12.3. The topological polar surface area (TPSA) is 107 Å². The molecular formula is C16H27N3O4S. The molecule has 3 N–H and O–H groups in total. The first kappa shape index (κ1) is 20.5. The predicted octanol–water partition coefficient (Wildman–Crippen LogP) is 2.14. The summed E-state index contributed by atoms with van der Waals surface area (Å²) in [6, 6.07) is -1.07. The van der Waals surface area contributed by atoms with Gasteiger partial charge < -0.3 is 20.2 Å². The van der Waals surface area contributed by atoms with Gasteiger partial charge in [-0.15, -0.1) is 0 Å². The highest BCUT2D eigenvalue weighted by molar-refractivity contribution is 7.98. The lowest BCUT2D eigenvalue weighted by molar-refractivity contribution is -0.145. The Balaban J connectivity index is 2.77. The van der Waals surface area contributed by atoms with Gasteiger partial charge in [-0.25, -0.2) is 9.78 Å². The summed E-state index contributed by atoms with van der Waals surface area (Å²) < 4.78 is 10.3. The van der Waals surface area contributed by atoms with Gasteiger partial charge in [-0.3, -0.25) is 4.79 Å². The second kappa shape index (κ2) is 10.4. The predicted molar refractivity (Wildman–Crippen MR) is 93.8 cm³/mol. The van der Waals surface area contributed by atoms with Crippen LogP contribution >= 0.6 is 11.8 Å². The van der Waals surface area contributed by atoms with Crippen molar-refractivity contribution in [1.29, 1.82) is 0 Å². The fraction of sp³-hybridized carbons (Fsp3) is 0.688. The van der Waals surface area contributed by atoms with E-state index in [0.29, 0.717) is 12.3 Å². The van der Waals surface area contributed by atoms with Crippen LogP contribution < -0.4 is 11.1 Å². The fourth-order valence-corrected chi connectivity index (χ4v) is 2.47. The van der Waals surface area contributed by atoms with Gasteiger partial charge in [0.15, 0.2) is 5.69 Å². The molecule has 3 atom stereocenters. The van der Waals surface area contributed by atoms with E-state index in [1.54, 1.807) is 18.7 Å². The van der Waals surface area contributed by atoms with Gasteiger partial charge in [-0.1, -0.05) is 20.3 Å². The van der Waals surface area contributed by atoms with E-state index in [-0.39, 0.29) is 24.3 Å². The number of nitrogens with one attached hydrogen (secondary N) is 1. The molecule has 0 fully saturated rings. The normalized spacial score (nSPS) is 14.7. The summed E-state index contributed by atoms with van der Waals surface area (Å²) in [6.07, 6.45) is 4.57. The molecular weight excluding hydrogens is 330 g/mol. The van der Waals surface area contributed by atoms with E-state index < -0.39 is 17.9 Å². The van der Waals surface area contributed by atoms with Gasteiger partial charge in [0.2, 0.25) is 5.89 Å². The van der Waals surface area contributed by atoms with Crippen molar-refractivity contribution in [2.45, 2.75) is 45.7 Å². The number of aromatic nitrogens is 1. The lowest BCUT2D eigenvalue weighted by atomic mass is 10.0. The molecule has 0 radical (unpaired) electrons. The van der Waals surface area contributed by atoms with Crippen LogP contribution in [0.4, 0.5) is 0 Å². The van der Waals surface area contributed by atoms with Crippen LogP contribution in [-0.4, -0.2) is 41.5 Å². The first-order valence-electron chi connectivity index (χ1n) is 8.11. The number of ether oxygens (including phenoxy) is 1. The van der Waals surface area contributed by atoms with Gasteiger partial charge in [-0.2, -0.15) is 11.8 Å². The van der Waals surface area contributed by atoms with Crippen molar-refractivity contribution in [3.05, 3.63) is 17.8 Å². The van der Waals surface area contributed by atoms with E-state index in [0.717, 1.165) is 12.2 Å². The Bertz CT molecular complexity index is 535. The second-order valence-corrected chi connectivity index (χ2v) is 6.53. The standard InChI is InChI=1S/C16H27N3O4S/c1-5-10(3)13(17)15-19-12(9-23-15)14(20)18-11(7-8-24-4)16(21)22-6-2/h9-11,13H,5-8,17H2,1-4H3,(H,18,20). The Morgan fingerprint density at radius 3 is 2.75 bits per heavy atom. The van der Waals surface area contributed by atoms with Crippen molar-refractivity contribution in [3.63, 3.8) is 0 Å². The summed E-state index contributed by atoms with van der Waals surface area (Å²) >= 11 is 1.59. The number of nitrogens with zero attached hydrogens (tertiary/aromatic N) is 1. The summed E-state index contributed by atoms with van der Waals surface area (Å²) in [4.78, 5) is 28.4. The summed E-state index contributed by atoms with van der Waals surface area (Å²) in [5, 5.41) is 2.66. The summed E-state index contributed by atoms with van der Waals surface area (Å²) in [7, 11) is 0. The Hall–Kier alpha value is -1.54. The van der Waals surface area contributed by atoms with Gasteiger partial charge >= 0.3 is 5.97 Å². The number of esters is 1. The van der Waals surface area contributed by atoms with Crippen LogP contribution in [0.3, 0.4) is 0 Å². The number of rotatable bonds is 10. The Morgan fingerprint density at radius 1 is 1.46 bits per heavy atom. The minimum absolute atomic E-state index is 0.113. The molecule has 136 valence electrons. The van der Waals surface area contributed by atoms with Gasteiger partial charge in [0.05, 0.1) is 12.6 Å². The maximum Gasteiger partial charge on any atom is 0.328 e. The molecule has 0 saturated carbocycles. The minimum atomic E-state index is -0.701. The average molecular weight is 357 g/mol. The van der Waals surface area contributed by atoms with E-state index in [9.17, 15) is 9.59 Å². The number of hydrogen-bond acceptors (Lipinski definition) is 7. The lowest BCUT2D eigenvalue weighted by Crippen LogP contribution is -2.42. The average Bonchev–Trinajstić information content (AvgIpc) is 3.07. The van der Waals surface area contributed by atoms with Crippen molar-refractivity contribution in [1.82, 2.24) is 10.3 Å². The molecule has 0 aliphatic carbocycles. The van der Waals surface area contributed by atoms with Crippen molar-refractivity contribution in [2.75, 3.05) is 18.6 Å². The number of hydrogen-bond donors (Lipinski definition) is 2. The van der Waals surface area contributed by atoms with Crippen LogP contribution in [0, 0.1) is 5.92 Å². The van der Waals surface area contributed by atoms with Crippen molar-refractivity contribution < 1.29 is 18.7 Å². The molecule has 0 spiro atoms. The van der Waals surface area contributed by atoms with E-state index >= 15 is 0 Å². The third-order valence-electron chi connectivity index (χ3n) is 3.78. The van der Waals surface area contributed by atoms with Crippen molar-refractivity contribution in [3.8, 4) is 0 Å². The third kappa shape index (κ3) is 5.83. The molecule has 1 amide bonds. The number of carbonyl (C=O) groups excluding carboxylic acids is 2. The molecule has 0 aromatic carbocycles. The SMILES string of the molecule is CCOC(=O)C(CCSC)NC(=O)c1coc(C(N)C(C)CC)n1. The van der Waals surface area contributed by atoms with Crippen LogP contribution in [0.25, 0.3) is 0 Å². The fourth-order valence-electron chi connectivity index (χ4n) is 2.00. The lowest BCUT2D eigenvalue weighted by Gasteiger charge is -2.16. The van der Waals surface area contributed by atoms with Gasteiger partial charge in [0.1, 0.15) is 12.3 Å². The van der Waals surface area contributed by atoms with Crippen LogP contribution in [0.15, 0.2) is 10.7 Å². The Labute approximate surface area is 147 Å². The molecule has 8 heteroatoms. The van der Waals surface area contributed by atoms with Crippen molar-refractivity contribution >= 4 is 23.6 Å². The summed E-state index contributed by atoms with van der Waals surface area (Å²) in [5.74, 6) is 0.326. The Kier molecular flexibility index (Phi) is 8.84. The number of oxazole rings is 1. The molecule has 3 unspecified atom stereocenters. The maximum absolute atomic E-state index is 12.3. The zero-order chi connectivity index (χ0) is 18.1. The molecule has 1 heterocycles. The van der Waals surface area contributed by atoms with Crippen LogP contribution in [0.5, 0.6) is 0 Å². The third-order valence-corrected chi connectivity index (χ3v) is 4.43. The summed E-state index contributed by atoms with van der Waals surface area (Å²) in [5.41, 5.74) is 6.17. The summed E-state index contributed by atoms with van der Waals surface area (Å²) in [6.45, 7) is 6.01. The molecule has 1 aromatic rings. The highest BCUT2D eigenvalue weighted by Crippen LogP contribution is 2.21. The molecule has 0 bridgehead atoms. The van der Waals surface area contributed by atoms with E-state index in [1.807, 2.05) is 20.1 Å². The number of nitrogens with two attached hydrogens (primary N) is 1. The second-order valence-electron chi connectivity index (χ2n) is 5.54. The van der Waals surface area contributed by atoms with Gasteiger partial charge in [-0.05, 0) is 31.3 Å².